The lowest BCUT2D eigenvalue weighted by atomic mass is 9.96. The number of rotatable bonds is 7. The average molecular weight is 457 g/mol. The summed E-state index contributed by atoms with van der Waals surface area (Å²) in [6, 6.07) is 25.5. The third-order valence-electron chi connectivity index (χ3n) is 5.85. The molecular weight excluding hydrogens is 429 g/mol. The van der Waals surface area contributed by atoms with E-state index in [9.17, 15) is 18.3 Å². The van der Waals surface area contributed by atoms with Crippen molar-refractivity contribution in [2.24, 2.45) is 0 Å². The van der Waals surface area contributed by atoms with E-state index in [1.807, 2.05) is 36.4 Å². The lowest BCUT2D eigenvalue weighted by Crippen LogP contribution is -2.50. The summed E-state index contributed by atoms with van der Waals surface area (Å²) in [5, 5.41) is 10.3. The SMILES string of the molecule is O[C@H](CN1CCN(C(c2ccccc2)c2ccccc2)CC1)Oc1cccc(C(F)(F)F)c1. The molecule has 3 aromatic carbocycles. The summed E-state index contributed by atoms with van der Waals surface area (Å²) in [5.41, 5.74) is 1.66. The van der Waals surface area contributed by atoms with Gasteiger partial charge in [0.1, 0.15) is 5.75 Å². The normalized spacial score (nSPS) is 16.6. The van der Waals surface area contributed by atoms with Crippen molar-refractivity contribution < 1.29 is 23.0 Å². The Labute approximate surface area is 191 Å². The molecule has 4 rings (SSSR count). The summed E-state index contributed by atoms with van der Waals surface area (Å²) in [4.78, 5) is 4.49. The summed E-state index contributed by atoms with van der Waals surface area (Å²) in [6.45, 7) is 3.26. The molecule has 1 heterocycles. The topological polar surface area (TPSA) is 35.9 Å². The Kier molecular flexibility index (Phi) is 7.33. The van der Waals surface area contributed by atoms with Crippen LogP contribution in [0.4, 0.5) is 13.2 Å². The highest BCUT2D eigenvalue weighted by Crippen LogP contribution is 2.32. The number of aliphatic hydroxyl groups excluding tert-OH is 1. The molecule has 174 valence electrons. The molecule has 1 saturated heterocycles. The maximum atomic E-state index is 12.9. The first kappa shape index (κ1) is 23.3. The quantitative estimate of drug-likeness (QED) is 0.518. The standard InChI is InChI=1S/C26H27F3N2O2/c27-26(28,29)22-12-7-13-23(18-22)33-24(32)19-30-14-16-31(17-15-30)25(20-8-3-1-4-9-20)21-10-5-2-6-11-21/h1-13,18,24-25,32H,14-17,19H2/t24-/m0/s1. The summed E-state index contributed by atoms with van der Waals surface area (Å²) >= 11 is 0. The summed E-state index contributed by atoms with van der Waals surface area (Å²) in [5.74, 6) is 0.00387. The van der Waals surface area contributed by atoms with Gasteiger partial charge in [0.2, 0.25) is 6.29 Å². The number of β-amino-alcohol motifs (C(OH)–C–C–N with tert-alkyl or cyclic N) is 1. The molecule has 3 aromatic rings. The average Bonchev–Trinajstić information content (AvgIpc) is 2.81. The first-order valence-electron chi connectivity index (χ1n) is 11.0. The van der Waals surface area contributed by atoms with Gasteiger partial charge in [0.25, 0.3) is 0 Å². The predicted octanol–water partition coefficient (Wildman–Crippen LogP) is 4.81. The van der Waals surface area contributed by atoms with E-state index in [1.54, 1.807) is 0 Å². The van der Waals surface area contributed by atoms with Gasteiger partial charge in [-0.25, -0.2) is 0 Å². The van der Waals surface area contributed by atoms with Crippen LogP contribution in [0.15, 0.2) is 84.9 Å². The number of nitrogens with zero attached hydrogens (tertiary/aromatic N) is 2. The van der Waals surface area contributed by atoms with Gasteiger partial charge in [-0.2, -0.15) is 13.2 Å². The van der Waals surface area contributed by atoms with Crippen LogP contribution in [0.25, 0.3) is 0 Å². The van der Waals surface area contributed by atoms with Crippen LogP contribution in [-0.4, -0.2) is 53.9 Å². The summed E-state index contributed by atoms with van der Waals surface area (Å²) < 4.78 is 44.0. The lowest BCUT2D eigenvalue weighted by Gasteiger charge is -2.40. The minimum atomic E-state index is -4.45. The third-order valence-corrected chi connectivity index (χ3v) is 5.85. The van der Waals surface area contributed by atoms with Crippen LogP contribution >= 0.6 is 0 Å². The molecule has 33 heavy (non-hydrogen) atoms. The van der Waals surface area contributed by atoms with Crippen molar-refractivity contribution in [3.63, 3.8) is 0 Å². The molecule has 0 radical (unpaired) electrons. The zero-order chi connectivity index (χ0) is 23.3. The van der Waals surface area contributed by atoms with Crippen molar-refractivity contribution in [1.29, 1.82) is 0 Å². The van der Waals surface area contributed by atoms with Gasteiger partial charge >= 0.3 is 6.18 Å². The number of benzene rings is 3. The molecule has 0 unspecified atom stereocenters. The number of hydrogen-bond donors (Lipinski definition) is 1. The smallest absolute Gasteiger partial charge is 0.416 e. The summed E-state index contributed by atoms with van der Waals surface area (Å²) in [7, 11) is 0. The largest absolute Gasteiger partial charge is 0.464 e. The van der Waals surface area contributed by atoms with Gasteiger partial charge in [0, 0.05) is 26.2 Å². The molecule has 4 nitrogen and oxygen atoms in total. The predicted molar refractivity (Wildman–Crippen MR) is 121 cm³/mol. The Morgan fingerprint density at radius 3 is 1.91 bits per heavy atom. The Bertz CT molecular complexity index is 967. The first-order chi connectivity index (χ1) is 15.9. The van der Waals surface area contributed by atoms with E-state index in [0.29, 0.717) is 0 Å². The maximum absolute atomic E-state index is 12.9. The van der Waals surface area contributed by atoms with Crippen LogP contribution in [0.2, 0.25) is 0 Å². The van der Waals surface area contributed by atoms with Gasteiger partial charge in [-0.05, 0) is 29.3 Å². The van der Waals surface area contributed by atoms with Gasteiger partial charge in [-0.1, -0.05) is 66.7 Å². The molecule has 1 fully saturated rings. The van der Waals surface area contributed by atoms with Crippen LogP contribution in [-0.2, 0) is 6.18 Å². The van der Waals surface area contributed by atoms with Crippen molar-refractivity contribution in [3.8, 4) is 5.75 Å². The molecule has 0 spiro atoms. The van der Waals surface area contributed by atoms with E-state index in [0.717, 1.165) is 38.3 Å². The van der Waals surface area contributed by atoms with Crippen molar-refractivity contribution in [2.75, 3.05) is 32.7 Å². The number of hydrogen-bond acceptors (Lipinski definition) is 4. The van der Waals surface area contributed by atoms with Crippen molar-refractivity contribution in [1.82, 2.24) is 9.80 Å². The minimum Gasteiger partial charge on any atom is -0.464 e. The maximum Gasteiger partial charge on any atom is 0.416 e. The van der Waals surface area contributed by atoms with E-state index in [4.69, 9.17) is 4.74 Å². The molecule has 0 bridgehead atoms. The highest BCUT2D eigenvalue weighted by Gasteiger charge is 2.31. The van der Waals surface area contributed by atoms with Crippen LogP contribution in [0, 0.1) is 0 Å². The number of piperazine rings is 1. The fourth-order valence-electron chi connectivity index (χ4n) is 4.25. The number of alkyl halides is 3. The zero-order valence-corrected chi connectivity index (χ0v) is 18.2. The molecule has 0 saturated carbocycles. The second-order valence-electron chi connectivity index (χ2n) is 8.16. The van der Waals surface area contributed by atoms with Gasteiger partial charge in [-0.15, -0.1) is 0 Å². The molecule has 1 atom stereocenters. The second-order valence-corrected chi connectivity index (χ2v) is 8.16. The molecule has 1 aliphatic rings. The van der Waals surface area contributed by atoms with Crippen LogP contribution < -0.4 is 4.74 Å². The Hall–Kier alpha value is -2.87. The zero-order valence-electron chi connectivity index (χ0n) is 18.2. The van der Waals surface area contributed by atoms with Gasteiger partial charge in [0.05, 0.1) is 18.2 Å². The van der Waals surface area contributed by atoms with Crippen LogP contribution in [0.5, 0.6) is 5.75 Å². The van der Waals surface area contributed by atoms with Crippen molar-refractivity contribution in [3.05, 3.63) is 102 Å². The highest BCUT2D eigenvalue weighted by molar-refractivity contribution is 5.32. The number of aliphatic hydroxyl groups is 1. The molecular formula is C26H27F3N2O2. The van der Waals surface area contributed by atoms with E-state index in [2.05, 4.69) is 34.1 Å². The third kappa shape index (κ3) is 6.13. The van der Waals surface area contributed by atoms with E-state index >= 15 is 0 Å². The highest BCUT2D eigenvalue weighted by atomic mass is 19.4. The molecule has 0 aromatic heterocycles. The molecule has 1 aliphatic heterocycles. The molecule has 0 aliphatic carbocycles. The fraction of sp³-hybridized carbons (Fsp3) is 0.308. The Morgan fingerprint density at radius 2 is 1.36 bits per heavy atom. The van der Waals surface area contributed by atoms with Crippen molar-refractivity contribution >= 4 is 0 Å². The fourth-order valence-corrected chi connectivity index (χ4v) is 4.25. The van der Waals surface area contributed by atoms with Crippen LogP contribution in [0.1, 0.15) is 22.7 Å². The molecule has 1 N–H and O–H groups in total. The molecule has 0 amide bonds. The first-order valence-corrected chi connectivity index (χ1v) is 11.0. The molecule has 7 heteroatoms. The van der Waals surface area contributed by atoms with E-state index in [-0.39, 0.29) is 18.3 Å². The minimum absolute atomic E-state index is 0.00387. The van der Waals surface area contributed by atoms with Gasteiger partial charge in [0.15, 0.2) is 0 Å². The Balaban J connectivity index is 1.36. The van der Waals surface area contributed by atoms with Crippen LogP contribution in [0.3, 0.4) is 0 Å². The van der Waals surface area contributed by atoms with Gasteiger partial charge in [-0.3, -0.25) is 9.80 Å². The number of ether oxygens (including phenoxy) is 1. The van der Waals surface area contributed by atoms with Gasteiger partial charge < -0.3 is 9.84 Å². The second kappa shape index (κ2) is 10.4. The lowest BCUT2D eigenvalue weighted by molar-refractivity contribution is -0.137. The monoisotopic (exact) mass is 456 g/mol. The van der Waals surface area contributed by atoms with E-state index in [1.165, 1.54) is 23.3 Å². The Morgan fingerprint density at radius 1 is 0.788 bits per heavy atom. The van der Waals surface area contributed by atoms with Crippen molar-refractivity contribution in [2.45, 2.75) is 18.5 Å². The van der Waals surface area contributed by atoms with E-state index < -0.39 is 18.0 Å². The summed E-state index contributed by atoms with van der Waals surface area (Å²) in [6.07, 6.45) is -5.66. The number of halogens is 3.